The van der Waals surface area contributed by atoms with Gasteiger partial charge in [0.2, 0.25) is 0 Å². The Bertz CT molecular complexity index is 974. The van der Waals surface area contributed by atoms with Crippen LogP contribution in [0.15, 0.2) is 56.6 Å². The van der Waals surface area contributed by atoms with Gasteiger partial charge in [0, 0.05) is 22.7 Å². The fourth-order valence-electron chi connectivity index (χ4n) is 3.97. The minimum absolute atomic E-state index is 0.190. The zero-order valence-corrected chi connectivity index (χ0v) is 16.7. The molecule has 1 aliphatic rings. The summed E-state index contributed by atoms with van der Waals surface area (Å²) in [6.07, 6.45) is 4.59. The van der Waals surface area contributed by atoms with Gasteiger partial charge in [-0.05, 0) is 73.6 Å². The molecule has 4 rings (SSSR count). The quantitative estimate of drug-likeness (QED) is 0.568. The van der Waals surface area contributed by atoms with Crippen LogP contribution in [0.5, 0.6) is 0 Å². The second-order valence-corrected chi connectivity index (χ2v) is 9.12. The fraction of sp³-hybridized carbons (Fsp3) is 0.409. The molecule has 148 valence electrons. The van der Waals surface area contributed by atoms with Crippen LogP contribution in [-0.4, -0.2) is 22.8 Å². The molecule has 6 heteroatoms. The summed E-state index contributed by atoms with van der Waals surface area (Å²) >= 11 is 1.77. The molecule has 0 bridgehead atoms. The average molecular weight is 401 g/mol. The summed E-state index contributed by atoms with van der Waals surface area (Å²) in [5.74, 6) is -0.0512. The Labute approximate surface area is 167 Å². The number of fused-ring (bicyclic) bond motifs is 1. The van der Waals surface area contributed by atoms with Crippen molar-refractivity contribution in [1.82, 2.24) is 10.3 Å². The summed E-state index contributed by atoms with van der Waals surface area (Å²) in [6.45, 7) is 3.15. The number of thioether (sulfide) groups is 1. The third-order valence-electron chi connectivity index (χ3n) is 5.49. The number of aromatic amines is 1. The minimum atomic E-state index is -0.396. The Morgan fingerprint density at radius 3 is 2.68 bits per heavy atom. The van der Waals surface area contributed by atoms with Crippen molar-refractivity contribution in [3.8, 4) is 0 Å². The highest BCUT2D eigenvalue weighted by Crippen LogP contribution is 2.34. The van der Waals surface area contributed by atoms with Gasteiger partial charge in [0.1, 0.15) is 5.82 Å². The highest BCUT2D eigenvalue weighted by molar-refractivity contribution is 8.00. The summed E-state index contributed by atoms with van der Waals surface area (Å²) < 4.78 is 18.1. The molecule has 1 heterocycles. The van der Waals surface area contributed by atoms with Crippen LogP contribution in [0.2, 0.25) is 0 Å². The van der Waals surface area contributed by atoms with Crippen LogP contribution in [0.3, 0.4) is 0 Å². The molecule has 0 saturated heterocycles. The van der Waals surface area contributed by atoms with Gasteiger partial charge in [-0.1, -0.05) is 13.0 Å². The molecule has 1 saturated carbocycles. The van der Waals surface area contributed by atoms with Crippen molar-refractivity contribution in [2.75, 3.05) is 6.54 Å². The first-order valence-electron chi connectivity index (χ1n) is 9.85. The highest BCUT2D eigenvalue weighted by Gasteiger charge is 2.23. The number of benzene rings is 2. The number of hydrogen-bond donors (Lipinski definition) is 2. The van der Waals surface area contributed by atoms with E-state index in [9.17, 15) is 9.18 Å². The second-order valence-electron chi connectivity index (χ2n) is 7.61. The van der Waals surface area contributed by atoms with Crippen molar-refractivity contribution in [3.05, 3.63) is 64.4 Å². The zero-order chi connectivity index (χ0) is 19.5. The third kappa shape index (κ3) is 4.67. The lowest BCUT2D eigenvalue weighted by Crippen LogP contribution is -2.36. The first-order valence-corrected chi connectivity index (χ1v) is 10.7. The van der Waals surface area contributed by atoms with Crippen molar-refractivity contribution < 1.29 is 8.81 Å². The molecule has 1 atom stereocenters. The molecule has 2 aromatic carbocycles. The van der Waals surface area contributed by atoms with Crippen molar-refractivity contribution in [2.45, 2.75) is 54.7 Å². The molecule has 0 aliphatic heterocycles. The van der Waals surface area contributed by atoms with E-state index in [1.165, 1.54) is 17.7 Å². The van der Waals surface area contributed by atoms with Crippen LogP contribution in [0.25, 0.3) is 11.1 Å². The van der Waals surface area contributed by atoms with Crippen molar-refractivity contribution in [3.63, 3.8) is 0 Å². The summed E-state index contributed by atoms with van der Waals surface area (Å²) in [7, 11) is 0. The highest BCUT2D eigenvalue weighted by atomic mass is 32.2. The van der Waals surface area contributed by atoms with Gasteiger partial charge >= 0.3 is 5.76 Å². The smallest absolute Gasteiger partial charge is 0.408 e. The first-order chi connectivity index (χ1) is 13.6. The van der Waals surface area contributed by atoms with Crippen LogP contribution in [0, 0.1) is 5.82 Å². The number of rotatable bonds is 6. The SMILES string of the molecule is CC(CNC1CCC(c2ccc3oc(=O)[nH]c3c2)CC1)Sc1ccc(F)cc1. The molecule has 2 N–H and O–H groups in total. The van der Waals surface area contributed by atoms with Crippen molar-refractivity contribution in [1.29, 1.82) is 0 Å². The molecule has 1 aliphatic carbocycles. The molecular weight excluding hydrogens is 375 g/mol. The van der Waals surface area contributed by atoms with E-state index in [0.717, 1.165) is 42.6 Å². The monoisotopic (exact) mass is 400 g/mol. The molecule has 1 aromatic heterocycles. The van der Waals surface area contributed by atoms with Gasteiger partial charge in [0.05, 0.1) is 5.52 Å². The van der Waals surface area contributed by atoms with E-state index in [1.807, 2.05) is 18.2 Å². The van der Waals surface area contributed by atoms with Crippen molar-refractivity contribution in [2.24, 2.45) is 0 Å². The Morgan fingerprint density at radius 1 is 1.18 bits per heavy atom. The second kappa shape index (κ2) is 8.53. The van der Waals surface area contributed by atoms with E-state index < -0.39 is 5.76 Å². The Hall–Kier alpha value is -2.05. The van der Waals surface area contributed by atoms with Gasteiger partial charge in [-0.2, -0.15) is 0 Å². The normalized spacial score (nSPS) is 21.1. The van der Waals surface area contributed by atoms with Crippen molar-refractivity contribution >= 4 is 22.9 Å². The van der Waals surface area contributed by atoms with E-state index >= 15 is 0 Å². The topological polar surface area (TPSA) is 58.0 Å². The maximum absolute atomic E-state index is 13.0. The van der Waals surface area contributed by atoms with Crippen LogP contribution in [-0.2, 0) is 0 Å². The number of nitrogens with one attached hydrogen (secondary N) is 2. The average Bonchev–Trinajstić information content (AvgIpc) is 3.08. The van der Waals surface area contributed by atoms with Crippen LogP contribution in [0.1, 0.15) is 44.1 Å². The molecule has 28 heavy (non-hydrogen) atoms. The molecule has 0 amide bonds. The summed E-state index contributed by atoms with van der Waals surface area (Å²) in [5, 5.41) is 4.13. The maximum atomic E-state index is 13.0. The lowest BCUT2D eigenvalue weighted by Gasteiger charge is -2.30. The molecule has 4 nitrogen and oxygen atoms in total. The maximum Gasteiger partial charge on any atom is 0.417 e. The number of halogens is 1. The Kier molecular flexibility index (Phi) is 5.87. The van der Waals surface area contributed by atoms with E-state index in [4.69, 9.17) is 4.42 Å². The van der Waals surface area contributed by atoms with Gasteiger partial charge in [-0.25, -0.2) is 9.18 Å². The molecule has 3 aromatic rings. The fourth-order valence-corrected chi connectivity index (χ4v) is 4.91. The summed E-state index contributed by atoms with van der Waals surface area (Å²) in [4.78, 5) is 15.2. The Balaban J connectivity index is 1.25. The van der Waals surface area contributed by atoms with Crippen LogP contribution in [0.4, 0.5) is 4.39 Å². The van der Waals surface area contributed by atoms with Gasteiger partial charge in [-0.15, -0.1) is 11.8 Å². The molecule has 0 radical (unpaired) electrons. The van der Waals surface area contributed by atoms with E-state index in [2.05, 4.69) is 29.4 Å². The minimum Gasteiger partial charge on any atom is -0.408 e. The predicted octanol–water partition coefficient (Wildman–Crippen LogP) is 5.06. The van der Waals surface area contributed by atoms with E-state index in [-0.39, 0.29) is 5.82 Å². The van der Waals surface area contributed by atoms with Crippen LogP contribution < -0.4 is 11.1 Å². The van der Waals surface area contributed by atoms with Gasteiger partial charge in [-0.3, -0.25) is 4.98 Å². The third-order valence-corrected chi connectivity index (χ3v) is 6.60. The standard InChI is InChI=1S/C22H25FN2O2S/c1-14(28-19-9-5-17(23)6-10-19)13-24-18-7-2-15(3-8-18)16-4-11-21-20(12-16)25-22(26)27-21/h4-6,9-12,14-15,18,24H,2-3,7-8,13H2,1H3,(H,25,26). The molecular formula is C22H25FN2O2S. The van der Waals surface area contributed by atoms with Gasteiger partial charge in [0.15, 0.2) is 5.58 Å². The first kappa shape index (κ1) is 19.3. The summed E-state index contributed by atoms with van der Waals surface area (Å²) in [5.41, 5.74) is 2.69. The number of hydrogen-bond acceptors (Lipinski definition) is 4. The predicted molar refractivity (Wildman–Crippen MR) is 112 cm³/mol. The largest absolute Gasteiger partial charge is 0.417 e. The zero-order valence-electron chi connectivity index (χ0n) is 15.9. The molecule has 1 fully saturated rings. The lowest BCUT2D eigenvalue weighted by atomic mass is 9.81. The van der Waals surface area contributed by atoms with Gasteiger partial charge < -0.3 is 9.73 Å². The number of H-pyrrole nitrogens is 1. The van der Waals surface area contributed by atoms with Crippen LogP contribution >= 0.6 is 11.8 Å². The molecule has 0 spiro atoms. The Morgan fingerprint density at radius 2 is 1.93 bits per heavy atom. The number of oxazole rings is 1. The summed E-state index contributed by atoms with van der Waals surface area (Å²) in [6, 6.07) is 13.3. The van der Waals surface area contributed by atoms with E-state index in [0.29, 0.717) is 22.8 Å². The van der Waals surface area contributed by atoms with Gasteiger partial charge in [0.25, 0.3) is 0 Å². The molecule has 1 unspecified atom stereocenters. The van der Waals surface area contributed by atoms with E-state index in [1.54, 1.807) is 11.8 Å². The lowest BCUT2D eigenvalue weighted by molar-refractivity contribution is 0.344. The number of aromatic nitrogens is 1.